The average Bonchev–Trinajstić information content (AvgIpc) is 2.81. The van der Waals surface area contributed by atoms with Gasteiger partial charge in [0.15, 0.2) is 0 Å². The quantitative estimate of drug-likeness (QED) is 0.640. The molecule has 0 saturated heterocycles. The molecule has 1 atom stereocenters. The summed E-state index contributed by atoms with van der Waals surface area (Å²) in [5.74, 6) is 0.530. The van der Waals surface area contributed by atoms with Crippen LogP contribution in [0.25, 0.3) is 0 Å². The highest BCUT2D eigenvalue weighted by Crippen LogP contribution is 2.28. The lowest BCUT2D eigenvalue weighted by molar-refractivity contribution is -0.146. The molecule has 0 spiro atoms. The zero-order chi connectivity index (χ0) is 9.14. The molecule has 0 radical (unpaired) electrons. The van der Waals surface area contributed by atoms with Gasteiger partial charge in [-0.05, 0) is 24.7 Å². The summed E-state index contributed by atoms with van der Waals surface area (Å²) in [6.45, 7) is 4.41. The number of hydrogen-bond donors (Lipinski definition) is 1. The molecule has 12 heavy (non-hydrogen) atoms. The van der Waals surface area contributed by atoms with Crippen LogP contribution in [0.15, 0.2) is 0 Å². The van der Waals surface area contributed by atoms with E-state index in [4.69, 9.17) is 10.5 Å². The Bertz CT molecular complexity index is 164. The summed E-state index contributed by atoms with van der Waals surface area (Å²) >= 11 is 0. The first-order chi connectivity index (χ1) is 5.61. The van der Waals surface area contributed by atoms with E-state index in [0.29, 0.717) is 12.5 Å². The summed E-state index contributed by atoms with van der Waals surface area (Å²) in [5.41, 5.74) is 5.59. The lowest BCUT2D eigenvalue weighted by Gasteiger charge is -2.13. The number of rotatable bonds is 4. The van der Waals surface area contributed by atoms with E-state index in [1.165, 1.54) is 12.8 Å². The smallest absolute Gasteiger partial charge is 0.323 e. The first-order valence-electron chi connectivity index (χ1n) is 4.53. The van der Waals surface area contributed by atoms with E-state index in [-0.39, 0.29) is 11.9 Å². The summed E-state index contributed by atoms with van der Waals surface area (Å²) in [5, 5.41) is 0. The molecule has 1 saturated carbocycles. The maximum atomic E-state index is 11.2. The standard InChI is InChI=1S/C9H17NO2/c1-6(2)8(10)9(11)12-5-7-3-4-7/h6-8H,3-5,10H2,1-2H3/t8-/m1/s1. The summed E-state index contributed by atoms with van der Waals surface area (Å²) in [6.07, 6.45) is 2.40. The number of ether oxygens (including phenoxy) is 1. The topological polar surface area (TPSA) is 52.3 Å². The van der Waals surface area contributed by atoms with Gasteiger partial charge < -0.3 is 10.5 Å². The van der Waals surface area contributed by atoms with Crippen molar-refractivity contribution in [3.63, 3.8) is 0 Å². The number of hydrogen-bond acceptors (Lipinski definition) is 3. The minimum atomic E-state index is -0.455. The Kier molecular flexibility index (Phi) is 3.09. The fourth-order valence-electron chi connectivity index (χ4n) is 0.853. The minimum absolute atomic E-state index is 0.164. The minimum Gasteiger partial charge on any atom is -0.464 e. The summed E-state index contributed by atoms with van der Waals surface area (Å²) < 4.78 is 5.03. The number of carbonyl (C=O) groups excluding carboxylic acids is 1. The van der Waals surface area contributed by atoms with Crippen LogP contribution in [0.4, 0.5) is 0 Å². The molecule has 3 nitrogen and oxygen atoms in total. The van der Waals surface area contributed by atoms with Crippen molar-refractivity contribution in [3.8, 4) is 0 Å². The van der Waals surface area contributed by atoms with Crippen LogP contribution in [0.2, 0.25) is 0 Å². The van der Waals surface area contributed by atoms with Crippen LogP contribution >= 0.6 is 0 Å². The molecule has 1 fully saturated rings. The fraction of sp³-hybridized carbons (Fsp3) is 0.889. The molecule has 0 aliphatic heterocycles. The Hall–Kier alpha value is -0.570. The van der Waals surface area contributed by atoms with Crippen molar-refractivity contribution >= 4 is 5.97 Å². The highest BCUT2D eigenvalue weighted by atomic mass is 16.5. The van der Waals surface area contributed by atoms with Crippen LogP contribution in [0.3, 0.4) is 0 Å². The first kappa shape index (κ1) is 9.52. The van der Waals surface area contributed by atoms with Gasteiger partial charge in [-0.15, -0.1) is 0 Å². The Balaban J connectivity index is 2.16. The van der Waals surface area contributed by atoms with Gasteiger partial charge in [0.05, 0.1) is 6.61 Å². The molecule has 0 aromatic heterocycles. The fourth-order valence-corrected chi connectivity index (χ4v) is 0.853. The lowest BCUT2D eigenvalue weighted by Crippen LogP contribution is -2.37. The van der Waals surface area contributed by atoms with Gasteiger partial charge in [-0.2, -0.15) is 0 Å². The van der Waals surface area contributed by atoms with E-state index >= 15 is 0 Å². The van der Waals surface area contributed by atoms with Crippen LogP contribution in [0.1, 0.15) is 26.7 Å². The molecule has 1 rings (SSSR count). The van der Waals surface area contributed by atoms with Crippen LogP contribution < -0.4 is 5.73 Å². The van der Waals surface area contributed by atoms with Crippen molar-refractivity contribution in [1.82, 2.24) is 0 Å². The summed E-state index contributed by atoms with van der Waals surface area (Å²) in [7, 11) is 0. The second-order valence-corrected chi connectivity index (χ2v) is 3.84. The molecular weight excluding hydrogens is 154 g/mol. The van der Waals surface area contributed by atoms with E-state index in [0.717, 1.165) is 0 Å². The van der Waals surface area contributed by atoms with Gasteiger partial charge in [-0.1, -0.05) is 13.8 Å². The monoisotopic (exact) mass is 171 g/mol. The van der Waals surface area contributed by atoms with Crippen LogP contribution in [0, 0.1) is 11.8 Å². The van der Waals surface area contributed by atoms with Gasteiger partial charge in [-0.3, -0.25) is 4.79 Å². The van der Waals surface area contributed by atoms with Crippen LogP contribution in [0.5, 0.6) is 0 Å². The third-order valence-electron chi connectivity index (χ3n) is 2.15. The van der Waals surface area contributed by atoms with Gasteiger partial charge in [0.25, 0.3) is 0 Å². The normalized spacial score (nSPS) is 19.3. The Morgan fingerprint density at radius 2 is 2.17 bits per heavy atom. The molecule has 0 unspecified atom stereocenters. The zero-order valence-corrected chi connectivity index (χ0v) is 7.75. The van der Waals surface area contributed by atoms with E-state index < -0.39 is 6.04 Å². The van der Waals surface area contributed by atoms with E-state index in [2.05, 4.69) is 0 Å². The van der Waals surface area contributed by atoms with Crippen molar-refractivity contribution in [3.05, 3.63) is 0 Å². The molecule has 0 aromatic rings. The molecule has 2 N–H and O–H groups in total. The molecule has 3 heteroatoms. The van der Waals surface area contributed by atoms with E-state index in [1.54, 1.807) is 0 Å². The predicted octanol–water partition coefficient (Wildman–Crippen LogP) is 0.923. The first-order valence-corrected chi connectivity index (χ1v) is 4.53. The molecule has 1 aliphatic carbocycles. The van der Waals surface area contributed by atoms with Gasteiger partial charge in [0.2, 0.25) is 0 Å². The Labute approximate surface area is 73.3 Å². The van der Waals surface area contributed by atoms with Crippen LogP contribution in [-0.4, -0.2) is 18.6 Å². The van der Waals surface area contributed by atoms with Gasteiger partial charge in [0.1, 0.15) is 6.04 Å². The lowest BCUT2D eigenvalue weighted by atomic mass is 10.1. The highest BCUT2D eigenvalue weighted by molar-refractivity contribution is 5.75. The predicted molar refractivity (Wildman–Crippen MR) is 46.5 cm³/mol. The van der Waals surface area contributed by atoms with Crippen molar-refractivity contribution in [2.75, 3.05) is 6.61 Å². The average molecular weight is 171 g/mol. The van der Waals surface area contributed by atoms with E-state index in [9.17, 15) is 4.79 Å². The molecule has 1 aliphatic rings. The van der Waals surface area contributed by atoms with Gasteiger partial charge in [0, 0.05) is 0 Å². The van der Waals surface area contributed by atoms with Crippen molar-refractivity contribution in [1.29, 1.82) is 0 Å². The SMILES string of the molecule is CC(C)[C@@H](N)C(=O)OCC1CC1. The molecule has 0 aromatic carbocycles. The second kappa shape index (κ2) is 3.90. The third-order valence-corrected chi connectivity index (χ3v) is 2.15. The van der Waals surface area contributed by atoms with Gasteiger partial charge in [-0.25, -0.2) is 0 Å². The molecular formula is C9H17NO2. The number of nitrogens with two attached hydrogens (primary N) is 1. The Morgan fingerprint density at radius 1 is 1.58 bits per heavy atom. The maximum absolute atomic E-state index is 11.2. The highest BCUT2D eigenvalue weighted by Gasteiger charge is 2.25. The molecule has 0 amide bonds. The largest absolute Gasteiger partial charge is 0.464 e. The maximum Gasteiger partial charge on any atom is 0.323 e. The van der Waals surface area contributed by atoms with Crippen molar-refractivity contribution < 1.29 is 9.53 Å². The van der Waals surface area contributed by atoms with Crippen molar-refractivity contribution in [2.24, 2.45) is 17.6 Å². The second-order valence-electron chi connectivity index (χ2n) is 3.84. The molecule has 0 bridgehead atoms. The van der Waals surface area contributed by atoms with Gasteiger partial charge >= 0.3 is 5.97 Å². The van der Waals surface area contributed by atoms with Crippen molar-refractivity contribution in [2.45, 2.75) is 32.7 Å². The zero-order valence-electron chi connectivity index (χ0n) is 7.75. The molecule has 70 valence electrons. The Morgan fingerprint density at radius 3 is 2.58 bits per heavy atom. The molecule has 0 heterocycles. The van der Waals surface area contributed by atoms with E-state index in [1.807, 2.05) is 13.8 Å². The number of carbonyl (C=O) groups is 1. The number of esters is 1. The van der Waals surface area contributed by atoms with Crippen LogP contribution in [-0.2, 0) is 9.53 Å². The summed E-state index contributed by atoms with van der Waals surface area (Å²) in [6, 6.07) is -0.455. The summed E-state index contributed by atoms with van der Waals surface area (Å²) in [4.78, 5) is 11.2. The third kappa shape index (κ3) is 2.81.